The molecule has 5 nitrogen and oxygen atoms in total. The van der Waals surface area contributed by atoms with Gasteiger partial charge in [-0.05, 0) is 12.1 Å². The normalized spacial score (nSPS) is 12.3. The average Bonchev–Trinajstić information content (AvgIpc) is 2.97. The van der Waals surface area contributed by atoms with Gasteiger partial charge in [-0.25, -0.2) is 9.67 Å². The number of nitrogens with zero attached hydrogens (tertiary/aromatic N) is 3. The number of methoxy groups -OCH3 is 1. The van der Waals surface area contributed by atoms with Gasteiger partial charge >= 0.3 is 0 Å². The van der Waals surface area contributed by atoms with E-state index in [1.165, 1.54) is 17.3 Å². The molecule has 0 aliphatic rings. The molecule has 0 bridgehead atoms. The third-order valence-electron chi connectivity index (χ3n) is 3.01. The average molecular weight is 285 g/mol. The summed E-state index contributed by atoms with van der Waals surface area (Å²) < 4.78 is 6.81. The third kappa shape index (κ3) is 3.37. The molecule has 0 atom stereocenters. The predicted octanol–water partition coefficient (Wildman–Crippen LogP) is 2.90. The van der Waals surface area contributed by atoms with Gasteiger partial charge in [-0.1, -0.05) is 39.0 Å². The maximum atomic E-state index is 12.7. The topological polar surface area (TPSA) is 57.0 Å². The molecule has 1 aromatic carbocycles. The summed E-state index contributed by atoms with van der Waals surface area (Å²) in [6.07, 6.45) is 4.71. The number of Topliss-reactive ketones (excluding diaryl/α,β-unsaturated/α-hetero) is 1. The molecule has 21 heavy (non-hydrogen) atoms. The summed E-state index contributed by atoms with van der Waals surface area (Å²) in [6, 6.07) is 7.53. The number of carbonyl (C=O) groups excluding carboxylic acids is 1. The van der Waals surface area contributed by atoms with Crippen LogP contribution in [0.2, 0.25) is 0 Å². The number of benzene rings is 1. The number of rotatable bonds is 4. The minimum Gasteiger partial charge on any atom is -0.496 e. The molecule has 2 aromatic rings. The summed E-state index contributed by atoms with van der Waals surface area (Å²) in [4.78, 5) is 16.6. The second-order valence-electron chi connectivity index (χ2n) is 5.69. The molecule has 0 unspecified atom stereocenters. The monoisotopic (exact) mass is 285 g/mol. The molecule has 0 N–H and O–H groups in total. The molecule has 0 aliphatic carbocycles. The van der Waals surface area contributed by atoms with Gasteiger partial charge in [0.1, 0.15) is 24.1 Å². The van der Waals surface area contributed by atoms with Crippen molar-refractivity contribution in [1.82, 2.24) is 14.8 Å². The van der Waals surface area contributed by atoms with E-state index in [4.69, 9.17) is 4.74 Å². The number of ketones is 1. The summed E-state index contributed by atoms with van der Waals surface area (Å²) in [5, 5.41) is 4.08. The van der Waals surface area contributed by atoms with Crippen molar-refractivity contribution < 1.29 is 9.53 Å². The van der Waals surface area contributed by atoms with Gasteiger partial charge in [0, 0.05) is 11.0 Å². The zero-order valence-electron chi connectivity index (χ0n) is 12.7. The van der Waals surface area contributed by atoms with Gasteiger partial charge in [-0.15, -0.1) is 0 Å². The molecular weight excluding hydrogens is 266 g/mol. The highest BCUT2D eigenvalue weighted by Gasteiger charge is 2.26. The second-order valence-corrected chi connectivity index (χ2v) is 5.69. The van der Waals surface area contributed by atoms with E-state index >= 15 is 0 Å². The highest BCUT2D eigenvalue weighted by molar-refractivity contribution is 6.21. The smallest absolute Gasteiger partial charge is 0.186 e. The first-order valence-corrected chi connectivity index (χ1v) is 6.68. The van der Waals surface area contributed by atoms with E-state index in [-0.39, 0.29) is 5.78 Å². The molecule has 110 valence electrons. The van der Waals surface area contributed by atoms with Crippen LogP contribution in [0.4, 0.5) is 0 Å². The lowest BCUT2D eigenvalue weighted by Gasteiger charge is -2.19. The Bertz CT molecular complexity index is 652. The van der Waals surface area contributed by atoms with E-state index in [1.807, 2.05) is 45.0 Å². The SMILES string of the molecule is COc1ccccc1C=C(C(=O)C(C)(C)C)n1cncn1. The number of para-hydroxylation sites is 1. The molecule has 0 spiro atoms. The van der Waals surface area contributed by atoms with Crippen molar-refractivity contribution in [1.29, 1.82) is 0 Å². The molecule has 1 heterocycles. The molecule has 0 saturated carbocycles. The van der Waals surface area contributed by atoms with Crippen LogP contribution in [0.15, 0.2) is 36.9 Å². The van der Waals surface area contributed by atoms with Crippen molar-refractivity contribution >= 4 is 17.6 Å². The Morgan fingerprint density at radius 1 is 1.29 bits per heavy atom. The van der Waals surface area contributed by atoms with E-state index in [2.05, 4.69) is 10.1 Å². The largest absolute Gasteiger partial charge is 0.496 e. The van der Waals surface area contributed by atoms with Gasteiger partial charge in [-0.2, -0.15) is 5.10 Å². The Balaban J connectivity index is 2.55. The third-order valence-corrected chi connectivity index (χ3v) is 3.01. The maximum absolute atomic E-state index is 12.7. The lowest BCUT2D eigenvalue weighted by Crippen LogP contribution is -2.24. The number of aromatic nitrogens is 3. The number of hydrogen-bond donors (Lipinski definition) is 0. The standard InChI is InChI=1S/C16H19N3O2/c1-16(2,3)15(20)13(19-11-17-10-18-19)9-12-7-5-6-8-14(12)21-4/h5-11H,1-4H3. The lowest BCUT2D eigenvalue weighted by atomic mass is 9.88. The fourth-order valence-electron chi connectivity index (χ4n) is 1.89. The van der Waals surface area contributed by atoms with Crippen LogP contribution in [-0.4, -0.2) is 27.7 Å². The van der Waals surface area contributed by atoms with Crippen LogP contribution >= 0.6 is 0 Å². The Morgan fingerprint density at radius 2 is 2.00 bits per heavy atom. The molecule has 5 heteroatoms. The molecule has 0 radical (unpaired) electrons. The number of ether oxygens (including phenoxy) is 1. The van der Waals surface area contributed by atoms with Crippen molar-refractivity contribution in [3.63, 3.8) is 0 Å². The summed E-state index contributed by atoms with van der Waals surface area (Å²) in [7, 11) is 1.60. The minimum atomic E-state index is -0.514. The summed E-state index contributed by atoms with van der Waals surface area (Å²) >= 11 is 0. The van der Waals surface area contributed by atoms with Crippen LogP contribution in [0.25, 0.3) is 11.8 Å². The Kier molecular flexibility index (Phi) is 4.21. The highest BCUT2D eigenvalue weighted by atomic mass is 16.5. The number of hydrogen-bond acceptors (Lipinski definition) is 4. The molecule has 0 fully saturated rings. The predicted molar refractivity (Wildman–Crippen MR) is 81.6 cm³/mol. The van der Waals surface area contributed by atoms with Gasteiger partial charge in [0.15, 0.2) is 5.78 Å². The first-order chi connectivity index (χ1) is 9.93. The van der Waals surface area contributed by atoms with Crippen molar-refractivity contribution in [3.8, 4) is 5.75 Å². The van der Waals surface area contributed by atoms with Crippen LogP contribution < -0.4 is 4.74 Å². The van der Waals surface area contributed by atoms with Crippen LogP contribution in [0, 0.1) is 5.41 Å². The molecule has 1 aromatic heterocycles. The Morgan fingerprint density at radius 3 is 2.57 bits per heavy atom. The van der Waals surface area contributed by atoms with E-state index in [0.29, 0.717) is 11.4 Å². The van der Waals surface area contributed by atoms with Crippen molar-refractivity contribution in [2.24, 2.45) is 5.41 Å². The summed E-state index contributed by atoms with van der Waals surface area (Å²) in [6.45, 7) is 5.63. The van der Waals surface area contributed by atoms with E-state index in [0.717, 1.165) is 5.56 Å². The van der Waals surface area contributed by atoms with E-state index in [9.17, 15) is 4.79 Å². The molecule has 0 amide bonds. The molecule has 2 rings (SSSR count). The minimum absolute atomic E-state index is 0.0149. The quantitative estimate of drug-likeness (QED) is 0.810. The fraction of sp³-hybridized carbons (Fsp3) is 0.312. The van der Waals surface area contributed by atoms with Gasteiger partial charge < -0.3 is 4.74 Å². The van der Waals surface area contributed by atoms with Crippen molar-refractivity contribution in [2.45, 2.75) is 20.8 Å². The van der Waals surface area contributed by atoms with Crippen LogP contribution in [0.1, 0.15) is 26.3 Å². The van der Waals surface area contributed by atoms with Gasteiger partial charge in [0.05, 0.1) is 7.11 Å². The fourth-order valence-corrected chi connectivity index (χ4v) is 1.89. The first kappa shape index (κ1) is 15.0. The molecule has 0 saturated heterocycles. The Hall–Kier alpha value is -2.43. The Labute approximate surface area is 124 Å². The zero-order valence-corrected chi connectivity index (χ0v) is 12.7. The zero-order chi connectivity index (χ0) is 15.5. The summed E-state index contributed by atoms with van der Waals surface area (Å²) in [5.41, 5.74) is 0.771. The van der Waals surface area contributed by atoms with Crippen molar-refractivity contribution in [3.05, 3.63) is 42.5 Å². The lowest BCUT2D eigenvalue weighted by molar-refractivity contribution is -0.120. The van der Waals surface area contributed by atoms with Crippen LogP contribution in [-0.2, 0) is 4.79 Å². The maximum Gasteiger partial charge on any atom is 0.186 e. The molecular formula is C16H19N3O2. The van der Waals surface area contributed by atoms with E-state index in [1.54, 1.807) is 13.2 Å². The van der Waals surface area contributed by atoms with Gasteiger partial charge in [0.2, 0.25) is 0 Å². The molecule has 0 aliphatic heterocycles. The van der Waals surface area contributed by atoms with Crippen LogP contribution in [0.3, 0.4) is 0 Å². The second kappa shape index (κ2) is 5.91. The summed E-state index contributed by atoms with van der Waals surface area (Å²) in [5.74, 6) is 0.690. The van der Waals surface area contributed by atoms with E-state index < -0.39 is 5.41 Å². The number of allylic oxidation sites excluding steroid dienone is 1. The first-order valence-electron chi connectivity index (χ1n) is 6.68. The van der Waals surface area contributed by atoms with Crippen molar-refractivity contribution in [2.75, 3.05) is 7.11 Å². The number of carbonyl (C=O) groups is 1. The van der Waals surface area contributed by atoms with Crippen LogP contribution in [0.5, 0.6) is 5.75 Å². The highest BCUT2D eigenvalue weighted by Crippen LogP contribution is 2.27. The van der Waals surface area contributed by atoms with Gasteiger partial charge in [-0.3, -0.25) is 4.79 Å². The van der Waals surface area contributed by atoms with Gasteiger partial charge in [0.25, 0.3) is 0 Å².